The molecule has 7 heteroatoms. The van der Waals surface area contributed by atoms with Gasteiger partial charge in [0.15, 0.2) is 0 Å². The van der Waals surface area contributed by atoms with Crippen molar-refractivity contribution in [2.75, 3.05) is 0 Å². The van der Waals surface area contributed by atoms with Crippen LogP contribution < -0.4 is 0 Å². The van der Waals surface area contributed by atoms with Gasteiger partial charge in [-0.15, -0.1) is 0 Å². The highest BCUT2D eigenvalue weighted by molar-refractivity contribution is 6.29. The molecule has 104 valence electrons. The van der Waals surface area contributed by atoms with E-state index >= 15 is 0 Å². The summed E-state index contributed by atoms with van der Waals surface area (Å²) in [6.45, 7) is 0. The number of hydrogen-bond acceptors (Lipinski definition) is 4. The minimum atomic E-state index is -0.500. The third-order valence-electron chi connectivity index (χ3n) is 2.90. The minimum absolute atomic E-state index is 0.0695. The van der Waals surface area contributed by atoms with Gasteiger partial charge >= 0.3 is 0 Å². The van der Waals surface area contributed by atoms with Crippen LogP contribution in [0.15, 0.2) is 54.7 Å². The summed E-state index contributed by atoms with van der Waals surface area (Å²) in [5.74, 6) is 0. The van der Waals surface area contributed by atoms with E-state index in [1.807, 2.05) is 30.3 Å². The van der Waals surface area contributed by atoms with E-state index in [-0.39, 0.29) is 10.8 Å². The van der Waals surface area contributed by atoms with Gasteiger partial charge in [-0.3, -0.25) is 10.1 Å². The van der Waals surface area contributed by atoms with Crippen molar-refractivity contribution in [1.82, 2.24) is 14.8 Å². The first-order valence-electron chi connectivity index (χ1n) is 6.07. The average molecular weight is 301 g/mol. The maximum absolute atomic E-state index is 10.9. The Morgan fingerprint density at radius 1 is 1.14 bits per heavy atom. The lowest BCUT2D eigenvalue weighted by atomic mass is 10.2. The largest absolute Gasteiger partial charge is 0.274 e. The fourth-order valence-electron chi connectivity index (χ4n) is 1.99. The Morgan fingerprint density at radius 2 is 1.90 bits per heavy atom. The first kappa shape index (κ1) is 13.3. The Labute approximate surface area is 124 Å². The molecule has 0 saturated heterocycles. The molecule has 0 unspecified atom stereocenters. The molecule has 6 nitrogen and oxygen atoms in total. The maximum atomic E-state index is 10.9. The normalized spacial score (nSPS) is 10.5. The van der Waals surface area contributed by atoms with Crippen LogP contribution in [0.2, 0.25) is 5.15 Å². The second kappa shape index (κ2) is 5.34. The van der Waals surface area contributed by atoms with Crippen molar-refractivity contribution in [2.24, 2.45) is 0 Å². The zero-order chi connectivity index (χ0) is 14.8. The SMILES string of the molecule is O=[N+]([O-])c1cc(Cl)nc(-c2ccnn2-c2ccccc2)c1. The van der Waals surface area contributed by atoms with Crippen molar-refractivity contribution >= 4 is 17.3 Å². The molecule has 0 saturated carbocycles. The van der Waals surface area contributed by atoms with Crippen molar-refractivity contribution in [3.63, 3.8) is 0 Å². The zero-order valence-electron chi connectivity index (χ0n) is 10.7. The van der Waals surface area contributed by atoms with Crippen LogP contribution in [0.1, 0.15) is 0 Å². The van der Waals surface area contributed by atoms with E-state index in [1.165, 1.54) is 12.1 Å². The molecule has 3 aromatic rings. The van der Waals surface area contributed by atoms with Crippen LogP contribution in [0.25, 0.3) is 17.1 Å². The van der Waals surface area contributed by atoms with E-state index in [1.54, 1.807) is 16.9 Å². The Bertz CT molecular complexity index is 802. The van der Waals surface area contributed by atoms with Gasteiger partial charge in [0, 0.05) is 6.07 Å². The summed E-state index contributed by atoms with van der Waals surface area (Å²) in [6, 6.07) is 13.8. The molecule has 0 spiro atoms. The number of nitrogens with zero attached hydrogens (tertiary/aromatic N) is 4. The molecule has 2 heterocycles. The van der Waals surface area contributed by atoms with Crippen molar-refractivity contribution in [1.29, 1.82) is 0 Å². The predicted octanol–water partition coefficient (Wildman–Crippen LogP) is 3.50. The van der Waals surface area contributed by atoms with Crippen molar-refractivity contribution < 1.29 is 4.92 Å². The minimum Gasteiger partial charge on any atom is -0.258 e. The quantitative estimate of drug-likeness (QED) is 0.421. The van der Waals surface area contributed by atoms with Gasteiger partial charge in [0.05, 0.1) is 34.3 Å². The Kier molecular flexibility index (Phi) is 3.37. The van der Waals surface area contributed by atoms with Gasteiger partial charge < -0.3 is 0 Å². The molecule has 1 aromatic carbocycles. The van der Waals surface area contributed by atoms with Crippen LogP contribution >= 0.6 is 11.6 Å². The molecule has 0 bridgehead atoms. The number of rotatable bonds is 3. The molecule has 0 N–H and O–H groups in total. The monoisotopic (exact) mass is 300 g/mol. The molecule has 0 atom stereocenters. The van der Waals surface area contributed by atoms with Gasteiger partial charge in [0.25, 0.3) is 5.69 Å². The number of para-hydroxylation sites is 1. The van der Waals surface area contributed by atoms with Gasteiger partial charge in [-0.05, 0) is 18.2 Å². The van der Waals surface area contributed by atoms with Gasteiger partial charge in [-0.1, -0.05) is 29.8 Å². The molecule has 3 rings (SSSR count). The third-order valence-corrected chi connectivity index (χ3v) is 3.09. The molecule has 0 aliphatic carbocycles. The summed E-state index contributed by atoms with van der Waals surface area (Å²) in [4.78, 5) is 14.6. The van der Waals surface area contributed by atoms with Gasteiger partial charge in [-0.25, -0.2) is 9.67 Å². The van der Waals surface area contributed by atoms with Crippen LogP contribution in [0, 0.1) is 10.1 Å². The predicted molar refractivity (Wildman–Crippen MR) is 78.5 cm³/mol. The molecule has 2 aromatic heterocycles. The number of hydrogen-bond donors (Lipinski definition) is 0. The van der Waals surface area contributed by atoms with Crippen molar-refractivity contribution in [3.8, 4) is 17.1 Å². The summed E-state index contributed by atoms with van der Waals surface area (Å²) < 4.78 is 1.66. The summed E-state index contributed by atoms with van der Waals surface area (Å²) in [5, 5.41) is 15.2. The topological polar surface area (TPSA) is 73.8 Å². The summed E-state index contributed by atoms with van der Waals surface area (Å²) in [5.41, 5.74) is 1.76. The summed E-state index contributed by atoms with van der Waals surface area (Å²) in [6.07, 6.45) is 1.61. The summed E-state index contributed by atoms with van der Waals surface area (Å²) in [7, 11) is 0. The van der Waals surface area contributed by atoms with Crippen LogP contribution in [-0.2, 0) is 0 Å². The lowest BCUT2D eigenvalue weighted by molar-refractivity contribution is -0.384. The highest BCUT2D eigenvalue weighted by atomic mass is 35.5. The lowest BCUT2D eigenvalue weighted by Gasteiger charge is -2.07. The Hall–Kier alpha value is -2.73. The average Bonchev–Trinajstić information content (AvgIpc) is 2.97. The molecule has 0 aliphatic rings. The second-order valence-electron chi connectivity index (χ2n) is 4.25. The van der Waals surface area contributed by atoms with Crippen LogP contribution in [-0.4, -0.2) is 19.7 Å². The second-order valence-corrected chi connectivity index (χ2v) is 4.64. The molecule has 21 heavy (non-hydrogen) atoms. The fraction of sp³-hybridized carbons (Fsp3) is 0. The Balaban J connectivity index is 2.15. The van der Waals surface area contributed by atoms with E-state index < -0.39 is 4.92 Å². The number of aromatic nitrogens is 3. The standard InChI is InChI=1S/C14H9ClN4O2/c15-14-9-11(19(20)21)8-12(17-14)13-6-7-16-18(13)10-4-2-1-3-5-10/h1-9H. The number of nitro groups is 1. The van der Waals surface area contributed by atoms with Gasteiger partial charge in [0.1, 0.15) is 5.15 Å². The molecule has 0 amide bonds. The van der Waals surface area contributed by atoms with Crippen LogP contribution in [0.5, 0.6) is 0 Å². The van der Waals surface area contributed by atoms with E-state index in [4.69, 9.17) is 11.6 Å². The van der Waals surface area contributed by atoms with E-state index in [9.17, 15) is 10.1 Å². The smallest absolute Gasteiger partial charge is 0.258 e. The van der Waals surface area contributed by atoms with E-state index in [2.05, 4.69) is 10.1 Å². The highest BCUT2D eigenvalue weighted by Gasteiger charge is 2.15. The summed E-state index contributed by atoms with van der Waals surface area (Å²) >= 11 is 5.86. The molecule has 0 radical (unpaired) electrons. The zero-order valence-corrected chi connectivity index (χ0v) is 11.4. The Morgan fingerprint density at radius 3 is 2.62 bits per heavy atom. The maximum Gasteiger partial charge on any atom is 0.274 e. The highest BCUT2D eigenvalue weighted by Crippen LogP contribution is 2.26. The molecular formula is C14H9ClN4O2. The van der Waals surface area contributed by atoms with Gasteiger partial charge in [-0.2, -0.15) is 5.10 Å². The first-order chi connectivity index (χ1) is 10.1. The number of pyridine rings is 1. The first-order valence-corrected chi connectivity index (χ1v) is 6.45. The molecular weight excluding hydrogens is 292 g/mol. The third kappa shape index (κ3) is 2.61. The fourth-order valence-corrected chi connectivity index (χ4v) is 2.20. The van der Waals surface area contributed by atoms with Gasteiger partial charge in [0.2, 0.25) is 0 Å². The van der Waals surface area contributed by atoms with Crippen LogP contribution in [0.4, 0.5) is 5.69 Å². The van der Waals surface area contributed by atoms with E-state index in [0.29, 0.717) is 11.4 Å². The number of halogens is 1. The molecule has 0 fully saturated rings. The molecule has 0 aliphatic heterocycles. The number of benzene rings is 1. The van der Waals surface area contributed by atoms with Crippen LogP contribution in [0.3, 0.4) is 0 Å². The van der Waals surface area contributed by atoms with Crippen molar-refractivity contribution in [2.45, 2.75) is 0 Å². The lowest BCUT2D eigenvalue weighted by Crippen LogP contribution is -2.00. The van der Waals surface area contributed by atoms with E-state index in [0.717, 1.165) is 5.69 Å². The van der Waals surface area contributed by atoms with Crippen molar-refractivity contribution in [3.05, 3.63) is 70.0 Å².